The Kier molecular flexibility index (Phi) is 7.50. The van der Waals surface area contributed by atoms with Crippen LogP contribution >= 0.6 is 0 Å². The van der Waals surface area contributed by atoms with Crippen LogP contribution in [0.2, 0.25) is 0 Å². The third-order valence-electron chi connectivity index (χ3n) is 3.88. The molecule has 2 atom stereocenters. The highest BCUT2D eigenvalue weighted by Gasteiger charge is 2.48. The molecule has 1 amide bonds. The number of hydrogen-bond donors (Lipinski definition) is 1. The molecule has 1 aliphatic heterocycles. The molecule has 6 heteroatoms. The van der Waals surface area contributed by atoms with Crippen LogP contribution in [0.3, 0.4) is 0 Å². The zero-order valence-corrected chi connectivity index (χ0v) is 16.3. The van der Waals surface area contributed by atoms with Gasteiger partial charge in [0.05, 0.1) is 18.8 Å². The third-order valence-corrected chi connectivity index (χ3v) is 3.88. The Bertz CT molecular complexity index is 403. The van der Waals surface area contributed by atoms with Gasteiger partial charge in [-0.05, 0) is 53.4 Å². The summed E-state index contributed by atoms with van der Waals surface area (Å²) in [5.74, 6) is 0.424. The number of carbonyl (C=O) groups excluding carboxylic acids is 1. The molecule has 6 nitrogen and oxygen atoms in total. The fourth-order valence-corrected chi connectivity index (χ4v) is 2.87. The fraction of sp³-hybridized carbons (Fsp3) is 0.944. The van der Waals surface area contributed by atoms with Crippen LogP contribution < -0.4 is 0 Å². The number of amides is 1. The van der Waals surface area contributed by atoms with Gasteiger partial charge >= 0.3 is 6.09 Å². The van der Waals surface area contributed by atoms with Crippen LogP contribution in [0.5, 0.6) is 0 Å². The second kappa shape index (κ2) is 8.50. The summed E-state index contributed by atoms with van der Waals surface area (Å²) >= 11 is 0. The Labute approximate surface area is 146 Å². The Morgan fingerprint density at radius 2 is 2.00 bits per heavy atom. The van der Waals surface area contributed by atoms with E-state index in [1.54, 1.807) is 4.90 Å². The molecule has 24 heavy (non-hydrogen) atoms. The summed E-state index contributed by atoms with van der Waals surface area (Å²) in [6, 6.07) is -0.198. The fourth-order valence-electron chi connectivity index (χ4n) is 2.87. The lowest BCUT2D eigenvalue weighted by Gasteiger charge is -2.38. The van der Waals surface area contributed by atoms with Crippen molar-refractivity contribution < 1.29 is 24.1 Å². The topological polar surface area (TPSA) is 68.2 Å². The summed E-state index contributed by atoms with van der Waals surface area (Å²) in [4.78, 5) is 14.4. The third kappa shape index (κ3) is 6.22. The zero-order valence-electron chi connectivity index (χ0n) is 16.3. The van der Waals surface area contributed by atoms with Crippen LogP contribution in [0.1, 0.15) is 61.3 Å². The van der Waals surface area contributed by atoms with Gasteiger partial charge in [-0.15, -0.1) is 0 Å². The van der Waals surface area contributed by atoms with E-state index in [4.69, 9.17) is 19.3 Å². The maximum Gasteiger partial charge on any atom is 0.412 e. The standard InChI is InChI=1S/C18H35NO5/c1-13(2)11-15(22-10-8-9-20)14-12-23-18(6,7)19(14)16(21)24-17(3,4)5/h13-15,20H,8-12H2,1-7H3/t14-,15+/m0/s1. The SMILES string of the molecule is CC(C)C[C@@H](OCCCO)[C@@H]1COC(C)(C)N1C(=O)OC(C)(C)C. The molecule has 0 aromatic rings. The van der Waals surface area contributed by atoms with Gasteiger partial charge in [0.1, 0.15) is 11.3 Å². The molecule has 1 fully saturated rings. The highest BCUT2D eigenvalue weighted by molar-refractivity contribution is 5.69. The molecule has 1 N–H and O–H groups in total. The van der Waals surface area contributed by atoms with Crippen LogP contribution in [0, 0.1) is 5.92 Å². The Hall–Kier alpha value is -0.850. The first-order valence-corrected chi connectivity index (χ1v) is 8.86. The lowest BCUT2D eigenvalue weighted by atomic mass is 9.99. The van der Waals surface area contributed by atoms with E-state index in [9.17, 15) is 4.79 Å². The Balaban J connectivity index is 2.95. The number of hydrogen-bond acceptors (Lipinski definition) is 5. The summed E-state index contributed by atoms with van der Waals surface area (Å²) in [5, 5.41) is 8.99. The zero-order chi connectivity index (χ0) is 18.5. The van der Waals surface area contributed by atoms with Gasteiger partial charge in [0.25, 0.3) is 0 Å². The summed E-state index contributed by atoms with van der Waals surface area (Å²) in [6.07, 6.45) is 0.868. The molecule has 0 aliphatic carbocycles. The number of ether oxygens (including phenoxy) is 3. The van der Waals surface area contributed by atoms with E-state index in [1.807, 2.05) is 34.6 Å². The first-order chi connectivity index (χ1) is 11.0. The van der Waals surface area contributed by atoms with Crippen molar-refractivity contribution in [1.29, 1.82) is 0 Å². The van der Waals surface area contributed by atoms with Crippen molar-refractivity contribution >= 4 is 6.09 Å². The molecule has 0 aromatic heterocycles. The van der Waals surface area contributed by atoms with Crippen LogP contribution in [0.25, 0.3) is 0 Å². The molecule has 1 rings (SSSR count). The molecular weight excluding hydrogens is 310 g/mol. The maximum atomic E-state index is 12.7. The molecule has 1 aliphatic rings. The van der Waals surface area contributed by atoms with Gasteiger partial charge < -0.3 is 19.3 Å². The lowest BCUT2D eigenvalue weighted by molar-refractivity contribution is -0.0748. The average molecular weight is 345 g/mol. The molecule has 1 heterocycles. The quantitative estimate of drug-likeness (QED) is 0.718. The molecular formula is C18H35NO5. The molecule has 0 spiro atoms. The maximum absolute atomic E-state index is 12.7. The van der Waals surface area contributed by atoms with Gasteiger partial charge in [-0.1, -0.05) is 13.8 Å². The summed E-state index contributed by atoms with van der Waals surface area (Å²) < 4.78 is 17.4. The number of aliphatic hydroxyl groups is 1. The molecule has 0 unspecified atom stereocenters. The van der Waals surface area contributed by atoms with Crippen LogP contribution in [0.15, 0.2) is 0 Å². The molecule has 0 aromatic carbocycles. The predicted molar refractivity (Wildman–Crippen MR) is 92.8 cm³/mol. The van der Waals surface area contributed by atoms with E-state index in [-0.39, 0.29) is 24.8 Å². The van der Waals surface area contributed by atoms with Crippen molar-refractivity contribution in [1.82, 2.24) is 4.90 Å². The Morgan fingerprint density at radius 3 is 2.50 bits per heavy atom. The van der Waals surface area contributed by atoms with E-state index in [1.165, 1.54) is 0 Å². The lowest BCUT2D eigenvalue weighted by Crippen LogP contribution is -2.54. The molecule has 1 saturated heterocycles. The van der Waals surface area contributed by atoms with Crippen molar-refractivity contribution in [3.8, 4) is 0 Å². The second-order valence-electron chi connectivity index (χ2n) is 8.29. The molecule has 0 bridgehead atoms. The van der Waals surface area contributed by atoms with Crippen LogP contribution in [0.4, 0.5) is 4.79 Å². The minimum Gasteiger partial charge on any atom is -0.444 e. The molecule has 0 saturated carbocycles. The van der Waals surface area contributed by atoms with E-state index < -0.39 is 11.3 Å². The Morgan fingerprint density at radius 1 is 1.38 bits per heavy atom. The minimum absolute atomic E-state index is 0.0941. The van der Waals surface area contributed by atoms with Crippen LogP contribution in [-0.4, -0.2) is 59.4 Å². The van der Waals surface area contributed by atoms with Gasteiger partial charge in [-0.2, -0.15) is 0 Å². The van der Waals surface area contributed by atoms with Gasteiger partial charge in [0.2, 0.25) is 0 Å². The van der Waals surface area contributed by atoms with E-state index in [0.29, 0.717) is 25.6 Å². The van der Waals surface area contributed by atoms with Crippen molar-refractivity contribution in [2.24, 2.45) is 5.92 Å². The highest BCUT2D eigenvalue weighted by atomic mass is 16.6. The van der Waals surface area contributed by atoms with Crippen molar-refractivity contribution in [2.75, 3.05) is 19.8 Å². The van der Waals surface area contributed by atoms with Gasteiger partial charge in [-0.25, -0.2) is 4.79 Å². The first kappa shape index (κ1) is 21.2. The first-order valence-electron chi connectivity index (χ1n) is 8.86. The monoisotopic (exact) mass is 345 g/mol. The van der Waals surface area contributed by atoms with Crippen molar-refractivity contribution in [3.05, 3.63) is 0 Å². The normalized spacial score (nSPS) is 22.0. The minimum atomic E-state index is -0.734. The number of rotatable bonds is 7. The van der Waals surface area contributed by atoms with Crippen molar-refractivity contribution in [3.63, 3.8) is 0 Å². The average Bonchev–Trinajstić information content (AvgIpc) is 2.71. The largest absolute Gasteiger partial charge is 0.444 e. The summed E-state index contributed by atoms with van der Waals surface area (Å²) in [7, 11) is 0. The highest BCUT2D eigenvalue weighted by Crippen LogP contribution is 2.33. The number of aliphatic hydroxyl groups excluding tert-OH is 1. The van der Waals surface area contributed by atoms with Crippen LogP contribution in [-0.2, 0) is 14.2 Å². The number of nitrogens with zero attached hydrogens (tertiary/aromatic N) is 1. The molecule has 0 radical (unpaired) electrons. The van der Waals surface area contributed by atoms with E-state index in [0.717, 1.165) is 6.42 Å². The second-order valence-corrected chi connectivity index (χ2v) is 8.29. The van der Waals surface area contributed by atoms with E-state index in [2.05, 4.69) is 13.8 Å². The summed E-state index contributed by atoms with van der Waals surface area (Å²) in [6.45, 7) is 14.5. The predicted octanol–water partition coefficient (Wildman–Crippen LogP) is 3.17. The van der Waals surface area contributed by atoms with Gasteiger partial charge in [0.15, 0.2) is 0 Å². The van der Waals surface area contributed by atoms with Crippen molar-refractivity contribution in [2.45, 2.75) is 84.8 Å². The van der Waals surface area contributed by atoms with E-state index >= 15 is 0 Å². The number of carbonyl (C=O) groups is 1. The smallest absolute Gasteiger partial charge is 0.412 e. The summed E-state index contributed by atoms with van der Waals surface area (Å²) in [5.41, 5.74) is -1.30. The molecule has 142 valence electrons. The van der Waals surface area contributed by atoms with Gasteiger partial charge in [0, 0.05) is 13.2 Å². The van der Waals surface area contributed by atoms with Gasteiger partial charge in [-0.3, -0.25) is 4.90 Å².